The Bertz CT molecular complexity index is 1340. The normalized spacial score (nSPS) is 21.4. The second-order valence-electron chi connectivity index (χ2n) is 10.4. The lowest BCUT2D eigenvalue weighted by atomic mass is 9.95. The molecule has 1 aliphatic carbocycles. The van der Waals surface area contributed by atoms with Gasteiger partial charge in [-0.2, -0.15) is 21.8 Å². The number of alkyl halides is 3. The number of hydrogen-bond donors (Lipinski definition) is 1. The number of aliphatic hydroxyl groups is 1. The zero-order valence-electron chi connectivity index (χ0n) is 22.2. The van der Waals surface area contributed by atoms with E-state index < -0.39 is 37.9 Å². The largest absolute Gasteiger partial charge is 0.421 e. The summed E-state index contributed by atoms with van der Waals surface area (Å²) in [6.07, 6.45) is 1.37. The van der Waals surface area contributed by atoms with Crippen LogP contribution in [-0.2, 0) is 25.6 Å². The lowest BCUT2D eigenvalue weighted by molar-refractivity contribution is -0.258. The summed E-state index contributed by atoms with van der Waals surface area (Å²) < 4.78 is 94.8. The van der Waals surface area contributed by atoms with Crippen molar-refractivity contribution in [3.63, 3.8) is 0 Å². The van der Waals surface area contributed by atoms with Gasteiger partial charge in [-0.1, -0.05) is 50.4 Å². The number of thiocarbonyl (C=S) groups is 1. The van der Waals surface area contributed by atoms with Gasteiger partial charge in [0, 0.05) is 49.7 Å². The molecule has 0 saturated carbocycles. The summed E-state index contributed by atoms with van der Waals surface area (Å²) in [6.45, 7) is 4.74. The molecule has 2 aliphatic rings. The third-order valence-electron chi connectivity index (χ3n) is 6.79. The smallest absolute Gasteiger partial charge is 0.376 e. The van der Waals surface area contributed by atoms with Crippen LogP contribution in [-0.4, -0.2) is 86.6 Å². The number of halogens is 3. The number of rotatable bonds is 9. The minimum atomic E-state index is -4.88. The summed E-state index contributed by atoms with van der Waals surface area (Å²) in [5.41, 5.74) is -2.92. The van der Waals surface area contributed by atoms with Crippen molar-refractivity contribution in [2.24, 2.45) is 5.92 Å². The Morgan fingerprint density at radius 2 is 1.74 bits per heavy atom. The summed E-state index contributed by atoms with van der Waals surface area (Å²) >= 11 is 5.28. The van der Waals surface area contributed by atoms with E-state index in [0.29, 0.717) is 23.9 Å². The third kappa shape index (κ3) is 7.09. The zero-order valence-corrected chi connectivity index (χ0v) is 24.7. The molecule has 1 aliphatic heterocycles. The molecule has 0 amide bonds. The average Bonchev–Trinajstić information content (AvgIpc) is 2.82. The summed E-state index contributed by atoms with van der Waals surface area (Å²) in [5, 5.41) is 10.0. The van der Waals surface area contributed by atoms with Crippen molar-refractivity contribution in [2.45, 2.75) is 45.0 Å². The van der Waals surface area contributed by atoms with Gasteiger partial charge >= 0.3 is 6.18 Å². The predicted octanol–water partition coefficient (Wildman–Crippen LogP) is 3.41. The van der Waals surface area contributed by atoms with Crippen LogP contribution in [0.4, 0.5) is 18.9 Å². The van der Waals surface area contributed by atoms with Crippen LogP contribution in [0.15, 0.2) is 47.4 Å². The van der Waals surface area contributed by atoms with E-state index in [1.165, 1.54) is 39.0 Å². The molecule has 1 fully saturated rings. The van der Waals surface area contributed by atoms with Crippen LogP contribution in [0.2, 0.25) is 0 Å². The van der Waals surface area contributed by atoms with Crippen LogP contribution in [0.3, 0.4) is 0 Å². The second-order valence-corrected chi connectivity index (χ2v) is 14.8. The van der Waals surface area contributed by atoms with E-state index >= 15 is 0 Å². The minimum absolute atomic E-state index is 0.00274. The van der Waals surface area contributed by atoms with E-state index in [0.717, 1.165) is 6.26 Å². The van der Waals surface area contributed by atoms with E-state index in [1.807, 2.05) is 13.8 Å². The minimum Gasteiger partial charge on any atom is -0.376 e. The molecular weight excluding hydrogens is 575 g/mol. The molecular formula is C25H34F3N3O5S3. The Balaban J connectivity index is 1.98. The van der Waals surface area contributed by atoms with Gasteiger partial charge in [0.1, 0.15) is 0 Å². The SMILES string of the molecule is CC(C)CN(C[C@H]1CN(S(=O)(=O)C2=CC=CCC2=S)CCN1c1ccc([C@@](C)(O)C(F)(F)F)cc1)S(C)(=O)=O. The van der Waals surface area contributed by atoms with Crippen LogP contribution in [0, 0.1) is 5.92 Å². The average molecular weight is 610 g/mol. The van der Waals surface area contributed by atoms with Crippen molar-refractivity contribution in [1.29, 1.82) is 0 Å². The van der Waals surface area contributed by atoms with Gasteiger partial charge < -0.3 is 10.0 Å². The van der Waals surface area contributed by atoms with Crippen molar-refractivity contribution >= 4 is 42.8 Å². The zero-order chi connectivity index (χ0) is 29.4. The highest BCUT2D eigenvalue weighted by atomic mass is 32.2. The van der Waals surface area contributed by atoms with Crippen LogP contribution < -0.4 is 4.90 Å². The Hall–Kier alpha value is -1.84. The first-order valence-electron chi connectivity index (χ1n) is 12.4. The molecule has 0 aromatic heterocycles. The van der Waals surface area contributed by atoms with Gasteiger partial charge in [-0.05, 0) is 36.6 Å². The number of anilines is 1. The Kier molecular flexibility index (Phi) is 9.40. The lowest BCUT2D eigenvalue weighted by Crippen LogP contribution is -2.59. The first-order chi connectivity index (χ1) is 17.9. The molecule has 0 unspecified atom stereocenters. The molecule has 0 spiro atoms. The number of piperazine rings is 1. The molecule has 1 N–H and O–H groups in total. The predicted molar refractivity (Wildman–Crippen MR) is 149 cm³/mol. The molecule has 1 saturated heterocycles. The van der Waals surface area contributed by atoms with Gasteiger partial charge in [-0.3, -0.25) is 0 Å². The maximum absolute atomic E-state index is 13.5. The van der Waals surface area contributed by atoms with E-state index in [9.17, 15) is 35.1 Å². The standard InChI is InChI=1S/C25H34F3N3O5S3/c1-18(2)15-30(38(4,33)34)17-21-16-29(39(35,36)23-8-6-5-7-22(23)37)13-14-31(21)20-11-9-19(10-12-20)24(3,32)25(26,27)28/h5-6,8-12,18,21,32H,7,13-17H2,1-4H3/t21-,24-/m1/s1. The first-order valence-corrected chi connectivity index (χ1v) is 16.1. The monoisotopic (exact) mass is 609 g/mol. The van der Waals surface area contributed by atoms with Crippen LogP contribution >= 0.6 is 12.2 Å². The van der Waals surface area contributed by atoms with Crippen molar-refractivity contribution in [1.82, 2.24) is 8.61 Å². The fraction of sp³-hybridized carbons (Fsp3) is 0.560. The number of hydrogen-bond acceptors (Lipinski definition) is 7. The van der Waals surface area contributed by atoms with Crippen molar-refractivity contribution in [3.05, 3.63) is 53.0 Å². The van der Waals surface area contributed by atoms with Gasteiger partial charge in [-0.25, -0.2) is 16.8 Å². The fourth-order valence-electron chi connectivity index (χ4n) is 4.56. The number of sulfonamides is 2. The summed E-state index contributed by atoms with van der Waals surface area (Å²) in [7, 11) is -7.61. The van der Waals surface area contributed by atoms with Crippen LogP contribution in [0.5, 0.6) is 0 Å². The molecule has 218 valence electrons. The maximum Gasteiger partial charge on any atom is 0.421 e. The highest BCUT2D eigenvalue weighted by Gasteiger charge is 2.51. The highest BCUT2D eigenvalue weighted by molar-refractivity contribution is 7.96. The Morgan fingerprint density at radius 1 is 1.13 bits per heavy atom. The molecule has 1 heterocycles. The first kappa shape index (κ1) is 31.7. The van der Waals surface area contributed by atoms with E-state index in [1.54, 1.807) is 17.1 Å². The van der Waals surface area contributed by atoms with Gasteiger partial charge in [0.2, 0.25) is 20.0 Å². The number of nitrogens with zero attached hydrogens (tertiary/aromatic N) is 3. The van der Waals surface area contributed by atoms with Gasteiger partial charge in [0.05, 0.1) is 17.2 Å². The molecule has 1 aromatic carbocycles. The molecule has 1 aromatic rings. The quantitative estimate of drug-likeness (QED) is 0.429. The fourth-order valence-corrected chi connectivity index (χ4v) is 7.65. The van der Waals surface area contributed by atoms with Crippen molar-refractivity contribution in [3.8, 4) is 0 Å². The molecule has 2 atom stereocenters. The van der Waals surface area contributed by atoms with E-state index in [-0.39, 0.29) is 49.1 Å². The van der Waals surface area contributed by atoms with Gasteiger partial charge in [0.25, 0.3) is 0 Å². The van der Waals surface area contributed by atoms with Crippen LogP contribution in [0.1, 0.15) is 32.8 Å². The molecule has 0 radical (unpaired) electrons. The molecule has 0 bridgehead atoms. The number of allylic oxidation sites excluding steroid dienone is 4. The summed E-state index contributed by atoms with van der Waals surface area (Å²) in [6, 6.07) is 4.53. The number of benzene rings is 1. The van der Waals surface area contributed by atoms with Gasteiger partial charge in [0.15, 0.2) is 5.60 Å². The molecule has 14 heteroatoms. The summed E-state index contributed by atoms with van der Waals surface area (Å²) in [4.78, 5) is 2.12. The highest BCUT2D eigenvalue weighted by Crippen LogP contribution is 2.39. The summed E-state index contributed by atoms with van der Waals surface area (Å²) in [5.74, 6) is -0.00274. The van der Waals surface area contributed by atoms with E-state index in [2.05, 4.69) is 0 Å². The van der Waals surface area contributed by atoms with Crippen LogP contribution in [0.25, 0.3) is 0 Å². The molecule has 3 rings (SSSR count). The van der Waals surface area contributed by atoms with Crippen molar-refractivity contribution in [2.75, 3.05) is 43.9 Å². The topological polar surface area (TPSA) is 98.2 Å². The second kappa shape index (κ2) is 11.6. The molecule has 39 heavy (non-hydrogen) atoms. The van der Waals surface area contributed by atoms with E-state index in [4.69, 9.17) is 12.2 Å². The third-order valence-corrected chi connectivity index (χ3v) is 10.5. The van der Waals surface area contributed by atoms with Crippen molar-refractivity contribution < 1.29 is 35.1 Å². The molecule has 8 nitrogen and oxygen atoms in total. The maximum atomic E-state index is 13.5. The Labute approximate surface area is 233 Å². The Morgan fingerprint density at radius 3 is 2.26 bits per heavy atom. The van der Waals surface area contributed by atoms with Gasteiger partial charge in [-0.15, -0.1) is 0 Å². The lowest BCUT2D eigenvalue weighted by Gasteiger charge is -2.44.